The van der Waals surface area contributed by atoms with Gasteiger partial charge >= 0.3 is 0 Å². The first-order valence-electron chi connectivity index (χ1n) is 23.6. The second-order valence-electron chi connectivity index (χ2n) is 18.1. The van der Waals surface area contributed by atoms with Crippen LogP contribution in [0.3, 0.4) is 0 Å². The number of hydrogen-bond acceptors (Lipinski definition) is 2. The van der Waals surface area contributed by atoms with Gasteiger partial charge in [-0.05, 0) is 145 Å². The molecule has 0 saturated carbocycles. The third kappa shape index (κ3) is 6.43. The van der Waals surface area contributed by atoms with Crippen molar-refractivity contribution >= 4 is 93.1 Å². The van der Waals surface area contributed by atoms with Crippen molar-refractivity contribution in [2.45, 2.75) is 0 Å². The van der Waals surface area contributed by atoms with Gasteiger partial charge in [-0.3, -0.25) is 0 Å². The second-order valence-corrected chi connectivity index (χ2v) is 18.1. The lowest BCUT2D eigenvalue weighted by molar-refractivity contribution is 0.672. The van der Waals surface area contributed by atoms with E-state index < -0.39 is 0 Å². The molecule has 0 amide bonds. The monoisotopic (exact) mass is 878 g/mol. The van der Waals surface area contributed by atoms with Gasteiger partial charge in [0.05, 0.1) is 11.0 Å². The Balaban J connectivity index is 0.872. The molecular formula is C66H42N2O. The van der Waals surface area contributed by atoms with E-state index in [2.05, 4.69) is 264 Å². The minimum atomic E-state index is 0.897. The number of furan rings is 1. The number of fused-ring (bicyclic) bond motifs is 11. The lowest BCUT2D eigenvalue weighted by atomic mass is 9.93. The highest BCUT2D eigenvalue weighted by Crippen LogP contribution is 2.42. The summed E-state index contributed by atoms with van der Waals surface area (Å²) in [4.78, 5) is 2.38. The molecule has 2 heterocycles. The van der Waals surface area contributed by atoms with Crippen LogP contribution in [0.2, 0.25) is 0 Å². The molecule has 0 fully saturated rings. The quantitative estimate of drug-likeness (QED) is 0.149. The Bertz CT molecular complexity index is 4260. The third-order valence-electron chi connectivity index (χ3n) is 14.1. The van der Waals surface area contributed by atoms with E-state index in [1.54, 1.807) is 0 Å². The third-order valence-corrected chi connectivity index (χ3v) is 14.1. The molecule has 3 heteroatoms. The van der Waals surface area contributed by atoms with Gasteiger partial charge in [0, 0.05) is 49.7 Å². The summed E-state index contributed by atoms with van der Waals surface area (Å²) in [7, 11) is 0. The van der Waals surface area contributed by atoms with E-state index >= 15 is 0 Å². The first-order valence-corrected chi connectivity index (χ1v) is 23.6. The number of para-hydroxylation sites is 2. The van der Waals surface area contributed by atoms with Crippen LogP contribution >= 0.6 is 0 Å². The predicted molar refractivity (Wildman–Crippen MR) is 292 cm³/mol. The van der Waals surface area contributed by atoms with Crippen LogP contribution in [0.25, 0.3) is 115 Å². The van der Waals surface area contributed by atoms with Crippen molar-refractivity contribution in [2.75, 3.05) is 4.90 Å². The van der Waals surface area contributed by atoms with Crippen LogP contribution in [0.5, 0.6) is 0 Å². The molecule has 0 aliphatic carbocycles. The summed E-state index contributed by atoms with van der Waals surface area (Å²) in [6, 6.07) is 92.6. The van der Waals surface area contributed by atoms with Crippen molar-refractivity contribution in [1.29, 1.82) is 0 Å². The van der Waals surface area contributed by atoms with E-state index in [-0.39, 0.29) is 0 Å². The molecule has 322 valence electrons. The van der Waals surface area contributed by atoms with Gasteiger partial charge in [-0.25, -0.2) is 0 Å². The molecule has 0 saturated heterocycles. The molecule has 0 N–H and O–H groups in total. The fourth-order valence-electron chi connectivity index (χ4n) is 10.9. The maximum Gasteiger partial charge on any atom is 0.143 e. The van der Waals surface area contributed by atoms with Crippen LogP contribution in [0, 0.1) is 0 Å². The van der Waals surface area contributed by atoms with E-state index in [0.717, 1.165) is 72.3 Å². The van der Waals surface area contributed by atoms with Crippen molar-refractivity contribution in [1.82, 2.24) is 4.57 Å². The summed E-state index contributed by atoms with van der Waals surface area (Å²) in [5.74, 6) is 0. The maximum absolute atomic E-state index is 6.47. The normalized spacial score (nSPS) is 11.8. The topological polar surface area (TPSA) is 21.3 Å². The molecule has 14 rings (SSSR count). The van der Waals surface area contributed by atoms with E-state index in [0.29, 0.717) is 0 Å². The SMILES string of the molecule is c1cc(-c2cc3ccccc3c3ccccc23)cc(N(c2ccc(-c3cccc(-n4c5ccccc5c5ccccc54)c3)cc2)c2ccc(-c3ccc4oc5c6ccccc6ccc5c4c3)cc2)c1. The van der Waals surface area contributed by atoms with E-state index in [9.17, 15) is 0 Å². The molecule has 0 aliphatic rings. The number of nitrogens with zero attached hydrogens (tertiary/aromatic N) is 2. The zero-order chi connectivity index (χ0) is 45.4. The van der Waals surface area contributed by atoms with Gasteiger partial charge in [0.15, 0.2) is 0 Å². The maximum atomic E-state index is 6.47. The van der Waals surface area contributed by atoms with Crippen molar-refractivity contribution in [3.63, 3.8) is 0 Å². The molecule has 14 aromatic rings. The Hall–Kier alpha value is -9.18. The fourth-order valence-corrected chi connectivity index (χ4v) is 10.9. The van der Waals surface area contributed by atoms with Crippen molar-refractivity contribution in [3.05, 3.63) is 255 Å². The van der Waals surface area contributed by atoms with Crippen LogP contribution in [0.15, 0.2) is 259 Å². The average molecular weight is 879 g/mol. The highest BCUT2D eigenvalue weighted by molar-refractivity contribution is 6.16. The Morgan fingerprint density at radius 2 is 0.855 bits per heavy atom. The standard InChI is InChI=1S/C66H42N2O/c1-4-20-55-45(13-1)31-37-60-62-41-47(32-38-65(62)69-66(55)60)44-29-35-51(36-30-44)67(52-17-12-16-48(40-52)61-42-49-14-2-3-19-54(49)56-21-5-6-22-57(56)61)50-33-27-43(28-34-50)46-15-11-18-53(39-46)68-63-25-9-7-23-58(63)59-24-8-10-26-64(59)68/h1-42H. The highest BCUT2D eigenvalue weighted by Gasteiger charge is 2.18. The Morgan fingerprint density at radius 3 is 1.58 bits per heavy atom. The molecule has 0 bridgehead atoms. The van der Waals surface area contributed by atoms with Gasteiger partial charge in [-0.2, -0.15) is 0 Å². The van der Waals surface area contributed by atoms with Crippen LogP contribution < -0.4 is 4.90 Å². The fraction of sp³-hybridized carbons (Fsp3) is 0. The summed E-state index contributed by atoms with van der Waals surface area (Å²) >= 11 is 0. The lowest BCUT2D eigenvalue weighted by Gasteiger charge is -2.26. The number of hydrogen-bond donors (Lipinski definition) is 0. The van der Waals surface area contributed by atoms with Crippen LogP contribution in [-0.4, -0.2) is 4.57 Å². The Kier molecular flexibility index (Phi) is 8.90. The second kappa shape index (κ2) is 15.7. The van der Waals surface area contributed by atoms with Gasteiger partial charge in [0.2, 0.25) is 0 Å². The van der Waals surface area contributed by atoms with Gasteiger partial charge in [0.1, 0.15) is 11.2 Å². The molecule has 12 aromatic carbocycles. The van der Waals surface area contributed by atoms with Crippen LogP contribution in [0.1, 0.15) is 0 Å². The molecule has 2 aromatic heterocycles. The molecule has 3 nitrogen and oxygen atoms in total. The van der Waals surface area contributed by atoms with Crippen molar-refractivity contribution in [2.24, 2.45) is 0 Å². The van der Waals surface area contributed by atoms with Gasteiger partial charge < -0.3 is 13.9 Å². The lowest BCUT2D eigenvalue weighted by Crippen LogP contribution is -2.10. The summed E-state index contributed by atoms with van der Waals surface area (Å²) in [6.45, 7) is 0. The average Bonchev–Trinajstić information content (AvgIpc) is 3.97. The van der Waals surface area contributed by atoms with E-state index in [1.165, 1.54) is 59.9 Å². The number of anilines is 3. The largest absolute Gasteiger partial charge is 0.455 e. The van der Waals surface area contributed by atoms with Crippen LogP contribution in [0.4, 0.5) is 17.1 Å². The predicted octanol–water partition coefficient (Wildman–Crippen LogP) is 18.6. The summed E-state index contributed by atoms with van der Waals surface area (Å²) < 4.78 is 8.86. The van der Waals surface area contributed by atoms with E-state index in [1.807, 2.05) is 0 Å². The minimum Gasteiger partial charge on any atom is -0.455 e. The van der Waals surface area contributed by atoms with Crippen LogP contribution in [-0.2, 0) is 0 Å². The highest BCUT2D eigenvalue weighted by atomic mass is 16.3. The summed E-state index contributed by atoms with van der Waals surface area (Å²) in [5.41, 5.74) is 15.6. The molecule has 0 aliphatic heterocycles. The molecule has 0 radical (unpaired) electrons. The Morgan fingerprint density at radius 1 is 0.290 bits per heavy atom. The number of rotatable bonds is 7. The van der Waals surface area contributed by atoms with Gasteiger partial charge in [0.25, 0.3) is 0 Å². The molecule has 69 heavy (non-hydrogen) atoms. The first kappa shape index (κ1) is 39.0. The number of aromatic nitrogens is 1. The smallest absolute Gasteiger partial charge is 0.143 e. The van der Waals surface area contributed by atoms with Crippen molar-refractivity contribution in [3.8, 4) is 39.1 Å². The molecule has 0 atom stereocenters. The zero-order valence-corrected chi connectivity index (χ0v) is 37.6. The zero-order valence-electron chi connectivity index (χ0n) is 37.6. The van der Waals surface area contributed by atoms with Gasteiger partial charge in [-0.15, -0.1) is 0 Å². The van der Waals surface area contributed by atoms with Crippen molar-refractivity contribution < 1.29 is 4.42 Å². The molecule has 0 spiro atoms. The van der Waals surface area contributed by atoms with E-state index in [4.69, 9.17) is 4.42 Å². The molecule has 0 unspecified atom stereocenters. The molecular weight excluding hydrogens is 837 g/mol. The first-order chi connectivity index (χ1) is 34.2. The van der Waals surface area contributed by atoms with Gasteiger partial charge in [-0.1, -0.05) is 170 Å². The summed E-state index contributed by atoms with van der Waals surface area (Å²) in [5, 5.41) is 12.1. The number of benzene rings is 12. The summed E-state index contributed by atoms with van der Waals surface area (Å²) in [6.07, 6.45) is 0. The Labute approximate surface area is 399 Å². The minimum absolute atomic E-state index is 0.897.